The van der Waals surface area contributed by atoms with E-state index in [-0.39, 0.29) is 17.3 Å². The third kappa shape index (κ3) is 5.77. The average molecular weight is 326 g/mol. The molecule has 0 saturated carbocycles. The molecule has 1 aromatic rings. The summed E-state index contributed by atoms with van der Waals surface area (Å²) >= 11 is 0. The lowest BCUT2D eigenvalue weighted by molar-refractivity contribution is -0.129. The highest BCUT2D eigenvalue weighted by Gasteiger charge is 2.15. The van der Waals surface area contributed by atoms with Crippen LogP contribution in [0.1, 0.15) is 33.3 Å². The predicted molar refractivity (Wildman–Crippen MR) is 88.1 cm³/mol. The third-order valence-electron chi connectivity index (χ3n) is 3.35. The van der Waals surface area contributed by atoms with E-state index in [1.165, 1.54) is 6.92 Å². The summed E-state index contributed by atoms with van der Waals surface area (Å²) in [7, 11) is -3.52. The number of carbonyl (C=O) groups excluding carboxylic acids is 1. The van der Waals surface area contributed by atoms with Crippen LogP contribution < -0.4 is 4.72 Å². The van der Waals surface area contributed by atoms with Gasteiger partial charge >= 0.3 is 0 Å². The van der Waals surface area contributed by atoms with E-state index in [0.717, 1.165) is 12.0 Å². The van der Waals surface area contributed by atoms with Gasteiger partial charge in [-0.15, -0.1) is 0 Å². The Morgan fingerprint density at radius 1 is 1.23 bits per heavy atom. The molecule has 0 aromatic heterocycles. The van der Waals surface area contributed by atoms with Crippen LogP contribution in [0.3, 0.4) is 0 Å². The van der Waals surface area contributed by atoms with Crippen molar-refractivity contribution in [2.75, 3.05) is 19.6 Å². The van der Waals surface area contributed by atoms with E-state index >= 15 is 0 Å². The molecule has 0 bridgehead atoms. The Morgan fingerprint density at radius 2 is 1.82 bits per heavy atom. The zero-order valence-electron chi connectivity index (χ0n) is 13.8. The van der Waals surface area contributed by atoms with Gasteiger partial charge in [0.05, 0.1) is 4.90 Å². The largest absolute Gasteiger partial charge is 0.341 e. The smallest absolute Gasteiger partial charge is 0.240 e. The molecule has 0 radical (unpaired) electrons. The van der Waals surface area contributed by atoms with Crippen molar-refractivity contribution in [1.82, 2.24) is 9.62 Å². The van der Waals surface area contributed by atoms with Crippen molar-refractivity contribution >= 4 is 15.9 Å². The zero-order valence-corrected chi connectivity index (χ0v) is 14.6. The molecule has 1 rings (SSSR count). The lowest BCUT2D eigenvalue weighted by atomic mass is 10.2. The number of nitrogens with zero attached hydrogens (tertiary/aromatic N) is 1. The predicted octanol–water partition coefficient (Wildman–Crippen LogP) is 2.03. The first-order valence-electron chi connectivity index (χ1n) is 7.60. The van der Waals surface area contributed by atoms with Gasteiger partial charge in [0, 0.05) is 26.6 Å². The fourth-order valence-electron chi connectivity index (χ4n) is 2.12. The topological polar surface area (TPSA) is 66.5 Å². The monoisotopic (exact) mass is 326 g/mol. The first-order valence-corrected chi connectivity index (χ1v) is 9.08. The number of carbonyl (C=O) groups is 1. The Labute approximate surface area is 133 Å². The van der Waals surface area contributed by atoms with Gasteiger partial charge in [0.1, 0.15) is 0 Å². The van der Waals surface area contributed by atoms with E-state index in [0.29, 0.717) is 19.0 Å². The standard InChI is InChI=1S/C16H26N2O3S/c1-5-15-6-8-16(9-7-15)22(20,21)17-10-11-18(14(4)19)12-13(2)3/h6-9,13,17H,5,10-12H2,1-4H3. The van der Waals surface area contributed by atoms with E-state index in [9.17, 15) is 13.2 Å². The SMILES string of the molecule is CCc1ccc(S(=O)(=O)NCCN(CC(C)C)C(C)=O)cc1. The van der Waals surface area contributed by atoms with E-state index in [1.807, 2.05) is 32.9 Å². The van der Waals surface area contributed by atoms with Gasteiger partial charge in [-0.25, -0.2) is 13.1 Å². The molecule has 0 fully saturated rings. The molecule has 1 aromatic carbocycles. The fraction of sp³-hybridized carbons (Fsp3) is 0.562. The molecule has 1 N–H and O–H groups in total. The zero-order chi connectivity index (χ0) is 16.8. The highest BCUT2D eigenvalue weighted by atomic mass is 32.2. The van der Waals surface area contributed by atoms with Crippen molar-refractivity contribution in [3.63, 3.8) is 0 Å². The van der Waals surface area contributed by atoms with Crippen LogP contribution in [0.15, 0.2) is 29.2 Å². The second-order valence-corrected chi connectivity index (χ2v) is 7.52. The highest BCUT2D eigenvalue weighted by Crippen LogP contribution is 2.10. The summed E-state index contributed by atoms with van der Waals surface area (Å²) in [5.41, 5.74) is 1.10. The van der Waals surface area contributed by atoms with Crippen LogP contribution in [0.25, 0.3) is 0 Å². The van der Waals surface area contributed by atoms with Crippen molar-refractivity contribution < 1.29 is 13.2 Å². The van der Waals surface area contributed by atoms with Gasteiger partial charge in [-0.05, 0) is 30.0 Å². The summed E-state index contributed by atoms with van der Waals surface area (Å²) in [4.78, 5) is 13.4. The van der Waals surface area contributed by atoms with Crippen LogP contribution in [0.2, 0.25) is 0 Å². The maximum Gasteiger partial charge on any atom is 0.240 e. The number of sulfonamides is 1. The van der Waals surface area contributed by atoms with Crippen LogP contribution in [0.5, 0.6) is 0 Å². The highest BCUT2D eigenvalue weighted by molar-refractivity contribution is 7.89. The Balaban J connectivity index is 2.62. The van der Waals surface area contributed by atoms with E-state index in [2.05, 4.69) is 4.72 Å². The van der Waals surface area contributed by atoms with Gasteiger partial charge in [-0.2, -0.15) is 0 Å². The maximum atomic E-state index is 12.2. The van der Waals surface area contributed by atoms with Crippen LogP contribution >= 0.6 is 0 Å². The maximum absolute atomic E-state index is 12.2. The summed E-state index contributed by atoms with van der Waals surface area (Å²) in [6, 6.07) is 6.85. The summed E-state index contributed by atoms with van der Waals surface area (Å²) in [6.07, 6.45) is 0.872. The van der Waals surface area contributed by atoms with Gasteiger partial charge < -0.3 is 4.90 Å². The number of nitrogens with one attached hydrogen (secondary N) is 1. The van der Waals surface area contributed by atoms with Crippen LogP contribution in [0, 0.1) is 5.92 Å². The minimum atomic E-state index is -3.52. The molecular weight excluding hydrogens is 300 g/mol. The van der Waals surface area contributed by atoms with Crippen molar-refractivity contribution in [3.05, 3.63) is 29.8 Å². The van der Waals surface area contributed by atoms with Gasteiger partial charge in [-0.1, -0.05) is 32.9 Å². The van der Waals surface area contributed by atoms with Gasteiger partial charge in [-0.3, -0.25) is 4.79 Å². The van der Waals surface area contributed by atoms with E-state index in [4.69, 9.17) is 0 Å². The van der Waals surface area contributed by atoms with Gasteiger partial charge in [0.25, 0.3) is 0 Å². The van der Waals surface area contributed by atoms with Crippen LogP contribution in [0.4, 0.5) is 0 Å². The van der Waals surface area contributed by atoms with Gasteiger partial charge in [0.2, 0.25) is 15.9 Å². The molecule has 1 amide bonds. The summed E-state index contributed by atoms with van der Waals surface area (Å²) in [5, 5.41) is 0. The second kappa shape index (κ2) is 8.29. The number of rotatable bonds is 8. The van der Waals surface area contributed by atoms with Crippen molar-refractivity contribution in [3.8, 4) is 0 Å². The molecule has 0 spiro atoms. The summed E-state index contributed by atoms with van der Waals surface area (Å²) in [5.74, 6) is 0.308. The van der Waals surface area contributed by atoms with Crippen molar-refractivity contribution in [2.45, 2.75) is 39.0 Å². The first kappa shape index (κ1) is 18.6. The van der Waals surface area contributed by atoms with Gasteiger partial charge in [0.15, 0.2) is 0 Å². The number of aryl methyl sites for hydroxylation is 1. The molecule has 0 aliphatic rings. The third-order valence-corrected chi connectivity index (χ3v) is 4.82. The Morgan fingerprint density at radius 3 is 2.27 bits per heavy atom. The molecule has 5 nitrogen and oxygen atoms in total. The molecule has 0 unspecified atom stereocenters. The quantitative estimate of drug-likeness (QED) is 0.795. The first-order chi connectivity index (χ1) is 10.3. The van der Waals surface area contributed by atoms with E-state index < -0.39 is 10.0 Å². The Hall–Kier alpha value is -1.40. The summed E-state index contributed by atoms with van der Waals surface area (Å²) < 4.78 is 26.9. The minimum Gasteiger partial charge on any atom is -0.341 e. The molecule has 0 atom stereocenters. The van der Waals surface area contributed by atoms with Crippen LogP contribution in [-0.2, 0) is 21.2 Å². The second-order valence-electron chi connectivity index (χ2n) is 5.75. The minimum absolute atomic E-state index is 0.0415. The van der Waals surface area contributed by atoms with Crippen molar-refractivity contribution in [2.24, 2.45) is 5.92 Å². The number of amides is 1. The summed E-state index contributed by atoms with van der Waals surface area (Å²) in [6.45, 7) is 8.78. The molecular formula is C16H26N2O3S. The molecule has 0 saturated heterocycles. The number of benzene rings is 1. The lowest BCUT2D eigenvalue weighted by Crippen LogP contribution is -2.39. The molecule has 0 heterocycles. The van der Waals surface area contributed by atoms with Crippen molar-refractivity contribution in [1.29, 1.82) is 0 Å². The Kier molecular flexibility index (Phi) is 7.03. The average Bonchev–Trinajstić information content (AvgIpc) is 2.45. The molecule has 22 heavy (non-hydrogen) atoms. The molecule has 0 aliphatic heterocycles. The number of hydrogen-bond acceptors (Lipinski definition) is 3. The van der Waals surface area contributed by atoms with E-state index in [1.54, 1.807) is 17.0 Å². The Bertz CT molecular complexity index is 580. The molecule has 6 heteroatoms. The molecule has 124 valence electrons. The van der Waals surface area contributed by atoms with Crippen LogP contribution in [-0.4, -0.2) is 38.9 Å². The fourth-order valence-corrected chi connectivity index (χ4v) is 3.14. The lowest BCUT2D eigenvalue weighted by Gasteiger charge is -2.23. The number of hydrogen-bond donors (Lipinski definition) is 1. The molecule has 0 aliphatic carbocycles. The normalized spacial score (nSPS) is 11.7.